The third-order valence-electron chi connectivity index (χ3n) is 16.8. The van der Waals surface area contributed by atoms with Gasteiger partial charge in [-0.3, -0.25) is 14.0 Å². The smallest absolute Gasteiger partial charge is 0.166 e. The average Bonchev–Trinajstić information content (AvgIpc) is 0.869. The number of nitrogens with zero attached hydrogens (tertiary/aromatic N) is 9. The molecule has 3 atom stereocenters. The van der Waals surface area contributed by atoms with Crippen LogP contribution in [0.15, 0.2) is 110 Å². The van der Waals surface area contributed by atoms with Gasteiger partial charge in [0, 0.05) is 102 Å². The van der Waals surface area contributed by atoms with Crippen molar-refractivity contribution >= 4 is 87.1 Å². The third kappa shape index (κ3) is 17.4. The molecule has 0 spiro atoms. The Labute approximate surface area is 589 Å². The van der Waals surface area contributed by atoms with Gasteiger partial charge in [-0.1, -0.05) is 69.6 Å². The summed E-state index contributed by atoms with van der Waals surface area (Å²) in [6.07, 6.45) is 21.8. The highest BCUT2D eigenvalue weighted by molar-refractivity contribution is 6.38. The van der Waals surface area contributed by atoms with E-state index in [4.69, 9.17) is 115 Å². The number of nitrogen functional groups attached to an aromatic ring is 3. The molecule has 96 heavy (non-hydrogen) atoms. The molecule has 0 bridgehead atoms. The number of aromatic nitrogens is 9. The van der Waals surface area contributed by atoms with E-state index in [1.165, 1.54) is 0 Å². The summed E-state index contributed by atoms with van der Waals surface area (Å²) in [5.74, 6) is 3.89. The Balaban J connectivity index is 0.000000157. The van der Waals surface area contributed by atoms with Crippen molar-refractivity contribution in [1.29, 1.82) is 0 Å². The summed E-state index contributed by atoms with van der Waals surface area (Å²) in [6.45, 7) is 17.9. The fourth-order valence-electron chi connectivity index (χ4n) is 11.7. The quantitative estimate of drug-likeness (QED) is 0.0414. The highest BCUT2D eigenvalue weighted by Gasteiger charge is 2.26. The van der Waals surface area contributed by atoms with Gasteiger partial charge in [-0.2, -0.15) is 15.3 Å². The van der Waals surface area contributed by atoms with Crippen molar-refractivity contribution in [3.8, 4) is 67.9 Å². The molecule has 12 rings (SSSR count). The molecule has 3 fully saturated rings. The van der Waals surface area contributed by atoms with Crippen LogP contribution in [0.3, 0.4) is 0 Å². The van der Waals surface area contributed by atoms with E-state index in [2.05, 4.69) is 58.6 Å². The fraction of sp³-hybridized carbons (Fsp3) is 0.391. The Morgan fingerprint density at radius 1 is 0.427 bits per heavy atom. The second-order valence-electron chi connectivity index (χ2n) is 23.8. The first-order valence-electron chi connectivity index (χ1n) is 32.1. The van der Waals surface area contributed by atoms with Crippen LogP contribution in [0.4, 0.5) is 17.5 Å². The normalized spacial score (nSPS) is 15.6. The number of rotatable bonds is 20. The highest BCUT2D eigenvalue weighted by atomic mass is 35.5. The summed E-state index contributed by atoms with van der Waals surface area (Å²) < 4.78 is 41.3. The Hall–Kier alpha value is -7.44. The molecular weight excluding hydrogens is 1350 g/mol. The first-order valence-corrected chi connectivity index (χ1v) is 34.3. The minimum absolute atomic E-state index is 0.0185. The van der Waals surface area contributed by atoms with Crippen LogP contribution in [0.2, 0.25) is 30.1 Å². The van der Waals surface area contributed by atoms with Gasteiger partial charge in [0.25, 0.3) is 0 Å². The number of ether oxygens (including phenoxy) is 6. The SMILES string of the molecule is CC(C)Oc1ccc(Cl)c(C(C)Oc2cc(-c3cnn(C4CCNCC4)c3)cnc2N)c1Cl.CCOc1ccc(Cl)c(C(C)Oc2cc(-c3cnn(C4CCNCC4)c3)cnc2N)c1Cl.COc1ccc(Cl)c(C(C)Oc2cc(-c3cnn(C4CCNCC4)c3)cnc2N)c1Cl. The predicted octanol–water partition coefficient (Wildman–Crippen LogP) is 15.9. The van der Waals surface area contributed by atoms with Crippen molar-refractivity contribution in [3.05, 3.63) is 157 Å². The zero-order chi connectivity index (χ0) is 68.2. The summed E-state index contributed by atoms with van der Waals surface area (Å²) in [5, 5.41) is 26.6. The number of benzene rings is 3. The standard InChI is InChI=1S/C24H29Cl2N5O2.C23H27Cl2N5O2.C22H25Cl2N5O2/c1-14(2)32-20-5-4-19(25)22(23(20)26)15(3)33-21-10-16(11-29-24(21)27)17-12-30-31(13-17)18-6-8-28-9-7-18;1-3-31-19-5-4-18(24)21(22(19)25)14(2)32-20-10-15(11-28-23(20)26)16-12-29-30(13-16)17-6-8-27-9-7-17;1-13(20-17(23)3-4-18(30-2)21(20)24)31-19-9-14(10-27-22(19)25)15-11-28-29(12-15)16-5-7-26-8-6-16/h4-5,10-15,18,28H,6-9H2,1-3H3,(H2,27,29);4-5,10-14,17,27H,3,6-9H2,1-2H3,(H2,26,28);3-4,9-13,16,26H,5-8H2,1-2H3,(H2,25,27). The number of nitrogens with two attached hydrogens (primary N) is 3. The number of anilines is 3. The number of piperidine rings is 3. The Bertz CT molecular complexity index is 4080. The zero-order valence-corrected chi connectivity index (χ0v) is 59.1. The van der Waals surface area contributed by atoms with Crippen LogP contribution in [-0.2, 0) is 0 Å². The maximum atomic E-state index is 6.61. The number of methoxy groups -OCH3 is 1. The number of pyridine rings is 3. The van der Waals surface area contributed by atoms with Gasteiger partial charge in [-0.25, -0.2) is 15.0 Å². The summed E-state index contributed by atoms with van der Waals surface area (Å²) in [5.41, 5.74) is 25.8. The van der Waals surface area contributed by atoms with E-state index < -0.39 is 18.3 Å². The molecule has 9 heterocycles. The summed E-state index contributed by atoms with van der Waals surface area (Å²) >= 11 is 38.9. The van der Waals surface area contributed by atoms with Crippen LogP contribution < -0.4 is 61.6 Å². The van der Waals surface area contributed by atoms with E-state index in [9.17, 15) is 0 Å². The molecule has 3 aromatic carbocycles. The first kappa shape index (κ1) is 71.3. The molecule has 3 unspecified atom stereocenters. The van der Waals surface area contributed by atoms with Gasteiger partial charge in [-0.15, -0.1) is 0 Å². The average molecular weight is 1430 g/mol. The maximum absolute atomic E-state index is 6.61. The third-order valence-corrected chi connectivity index (χ3v) is 18.9. The maximum Gasteiger partial charge on any atom is 0.166 e. The van der Waals surface area contributed by atoms with Gasteiger partial charge in [0.15, 0.2) is 34.7 Å². The molecule has 3 aliphatic rings. The molecule has 0 amide bonds. The second-order valence-corrected chi connectivity index (χ2v) is 26.2. The van der Waals surface area contributed by atoms with Crippen molar-refractivity contribution in [1.82, 2.24) is 60.2 Å². The lowest BCUT2D eigenvalue weighted by atomic mass is 10.1. The molecule has 27 heteroatoms. The zero-order valence-electron chi connectivity index (χ0n) is 54.6. The number of halogens is 6. The summed E-state index contributed by atoms with van der Waals surface area (Å²) in [7, 11) is 1.56. The van der Waals surface area contributed by atoms with Gasteiger partial charge in [-0.05, 0) is 174 Å². The molecule has 3 aliphatic heterocycles. The minimum atomic E-state index is -0.475. The van der Waals surface area contributed by atoms with Crippen molar-refractivity contribution in [3.63, 3.8) is 0 Å². The van der Waals surface area contributed by atoms with E-state index in [1.54, 1.807) is 62.1 Å². The van der Waals surface area contributed by atoms with Crippen LogP contribution in [0.25, 0.3) is 33.4 Å². The van der Waals surface area contributed by atoms with Gasteiger partial charge < -0.3 is 61.6 Å². The molecule has 510 valence electrons. The van der Waals surface area contributed by atoms with E-state index in [0.717, 1.165) is 111 Å². The van der Waals surface area contributed by atoms with E-state index in [-0.39, 0.29) is 17.7 Å². The highest BCUT2D eigenvalue weighted by Crippen LogP contribution is 2.44. The van der Waals surface area contributed by atoms with Gasteiger partial charge in [0.1, 0.15) is 35.6 Å². The van der Waals surface area contributed by atoms with Crippen LogP contribution in [0.1, 0.15) is 133 Å². The summed E-state index contributed by atoms with van der Waals surface area (Å²) in [6, 6.07) is 17.3. The Morgan fingerprint density at radius 3 is 1.06 bits per heavy atom. The Morgan fingerprint density at radius 2 is 0.740 bits per heavy atom. The lowest BCUT2D eigenvalue weighted by Gasteiger charge is -2.22. The number of hydrogen-bond acceptors (Lipinski definition) is 18. The summed E-state index contributed by atoms with van der Waals surface area (Å²) in [4.78, 5) is 13.0. The molecule has 9 aromatic rings. The molecule has 0 radical (unpaired) electrons. The van der Waals surface area contributed by atoms with Crippen molar-refractivity contribution in [2.75, 3.05) is 70.2 Å². The first-order chi connectivity index (χ1) is 46.3. The number of nitrogens with one attached hydrogen (secondary N) is 3. The largest absolute Gasteiger partial charge is 0.495 e. The van der Waals surface area contributed by atoms with Crippen LogP contribution >= 0.6 is 69.6 Å². The van der Waals surface area contributed by atoms with Gasteiger partial charge >= 0.3 is 0 Å². The molecular formula is C69H81Cl6N15O6. The van der Waals surface area contributed by atoms with Gasteiger partial charge in [0.05, 0.1) is 71.6 Å². The van der Waals surface area contributed by atoms with Crippen molar-refractivity contribution in [2.45, 2.75) is 123 Å². The topological polar surface area (TPSA) is 262 Å². The lowest BCUT2D eigenvalue weighted by molar-refractivity contribution is 0.223. The minimum Gasteiger partial charge on any atom is -0.495 e. The Kier molecular flexibility index (Phi) is 24.7. The molecule has 0 aliphatic carbocycles. The van der Waals surface area contributed by atoms with E-state index >= 15 is 0 Å². The molecule has 6 aromatic heterocycles. The van der Waals surface area contributed by atoms with Crippen molar-refractivity contribution in [2.24, 2.45) is 0 Å². The van der Waals surface area contributed by atoms with Crippen LogP contribution in [0, 0.1) is 0 Å². The van der Waals surface area contributed by atoms with Crippen LogP contribution in [-0.4, -0.2) is 103 Å². The van der Waals surface area contributed by atoms with Gasteiger partial charge in [0.2, 0.25) is 0 Å². The predicted molar refractivity (Wildman–Crippen MR) is 383 cm³/mol. The van der Waals surface area contributed by atoms with E-state index in [1.807, 2.05) is 98.6 Å². The molecule has 0 saturated carbocycles. The fourth-order valence-corrected chi connectivity index (χ4v) is 13.9. The second kappa shape index (κ2) is 33.2. The van der Waals surface area contributed by atoms with E-state index in [0.29, 0.717) is 112 Å². The molecule has 21 nitrogen and oxygen atoms in total. The van der Waals surface area contributed by atoms with Crippen molar-refractivity contribution < 1.29 is 28.4 Å². The monoisotopic (exact) mass is 1430 g/mol. The number of hydrogen-bond donors (Lipinski definition) is 6. The van der Waals surface area contributed by atoms with Crippen LogP contribution in [0.5, 0.6) is 34.5 Å². The molecule has 3 saturated heterocycles. The molecule has 9 N–H and O–H groups in total. The lowest BCUT2D eigenvalue weighted by Crippen LogP contribution is -2.29.